The second-order valence-corrected chi connectivity index (χ2v) is 6.09. The lowest BCUT2D eigenvalue weighted by molar-refractivity contribution is 0.635. The summed E-state index contributed by atoms with van der Waals surface area (Å²) in [5.41, 5.74) is 8.10. The Morgan fingerprint density at radius 1 is 1.30 bits per heavy atom. The zero-order valence-electron chi connectivity index (χ0n) is 13.5. The van der Waals surface area contributed by atoms with Gasteiger partial charge in [-0.25, -0.2) is 15.0 Å². The molecule has 7 nitrogen and oxygen atoms in total. The van der Waals surface area contributed by atoms with Gasteiger partial charge in [0.05, 0.1) is 17.9 Å². The van der Waals surface area contributed by atoms with Crippen LogP contribution >= 0.6 is 0 Å². The zero-order chi connectivity index (χ0) is 16.6. The molecule has 0 saturated carbocycles. The van der Waals surface area contributed by atoms with Gasteiger partial charge in [0.15, 0.2) is 5.65 Å². The number of pyridine rings is 1. The van der Waals surface area contributed by atoms with Gasteiger partial charge >= 0.3 is 0 Å². The molecule has 0 fully saturated rings. The molecule has 3 aromatic rings. The van der Waals surface area contributed by atoms with Crippen LogP contribution in [-0.2, 0) is 13.0 Å². The molecule has 0 atom stereocenters. The number of aromatic amines is 1. The SMILES string of the molecule is Cc1nc(CC(C)C)c2[nH]c(Cn3cccc(N)c3=O)nc2n1. The maximum atomic E-state index is 12.0. The van der Waals surface area contributed by atoms with E-state index in [1.54, 1.807) is 18.3 Å². The van der Waals surface area contributed by atoms with Crippen LogP contribution in [0.3, 0.4) is 0 Å². The zero-order valence-corrected chi connectivity index (χ0v) is 13.5. The number of hydrogen-bond donors (Lipinski definition) is 2. The molecule has 0 saturated heterocycles. The first kappa shape index (κ1) is 15.2. The normalized spacial score (nSPS) is 11.5. The molecule has 0 aliphatic heterocycles. The number of fused-ring (bicyclic) bond motifs is 1. The van der Waals surface area contributed by atoms with E-state index in [0.29, 0.717) is 29.8 Å². The number of rotatable bonds is 4. The van der Waals surface area contributed by atoms with Gasteiger partial charge in [-0.2, -0.15) is 0 Å². The van der Waals surface area contributed by atoms with Crippen molar-refractivity contribution < 1.29 is 0 Å². The second-order valence-electron chi connectivity index (χ2n) is 6.09. The van der Waals surface area contributed by atoms with Crippen molar-refractivity contribution in [2.75, 3.05) is 5.73 Å². The highest BCUT2D eigenvalue weighted by Crippen LogP contribution is 2.17. The highest BCUT2D eigenvalue weighted by atomic mass is 16.1. The summed E-state index contributed by atoms with van der Waals surface area (Å²) in [6.07, 6.45) is 2.54. The largest absolute Gasteiger partial charge is 0.394 e. The molecule has 0 spiro atoms. The topological polar surface area (TPSA) is 102 Å². The summed E-state index contributed by atoms with van der Waals surface area (Å²) in [7, 11) is 0. The fourth-order valence-electron chi connectivity index (χ4n) is 2.57. The predicted molar refractivity (Wildman–Crippen MR) is 89.2 cm³/mol. The fraction of sp³-hybridized carbons (Fsp3) is 0.375. The summed E-state index contributed by atoms with van der Waals surface area (Å²) < 4.78 is 1.52. The molecular formula is C16H20N6O. The highest BCUT2D eigenvalue weighted by molar-refractivity contribution is 5.73. The third-order valence-electron chi connectivity index (χ3n) is 3.56. The van der Waals surface area contributed by atoms with E-state index >= 15 is 0 Å². The van der Waals surface area contributed by atoms with Gasteiger partial charge in [-0.05, 0) is 31.4 Å². The summed E-state index contributed by atoms with van der Waals surface area (Å²) >= 11 is 0. The number of nitrogens with one attached hydrogen (secondary N) is 1. The minimum Gasteiger partial charge on any atom is -0.394 e. The molecule has 0 aliphatic carbocycles. The van der Waals surface area contributed by atoms with E-state index in [-0.39, 0.29) is 11.2 Å². The summed E-state index contributed by atoms with van der Waals surface area (Å²) in [6.45, 7) is 6.47. The number of aromatic nitrogens is 5. The van der Waals surface area contributed by atoms with Gasteiger partial charge in [0.1, 0.15) is 17.2 Å². The Balaban J connectivity index is 2.03. The van der Waals surface area contributed by atoms with Gasteiger partial charge in [0.2, 0.25) is 0 Å². The van der Waals surface area contributed by atoms with Gasteiger partial charge in [0.25, 0.3) is 5.56 Å². The molecule has 0 aromatic carbocycles. The van der Waals surface area contributed by atoms with E-state index in [1.807, 2.05) is 6.92 Å². The number of anilines is 1. The van der Waals surface area contributed by atoms with Gasteiger partial charge in [-0.15, -0.1) is 0 Å². The first-order valence-electron chi connectivity index (χ1n) is 7.61. The van der Waals surface area contributed by atoms with Crippen molar-refractivity contribution in [2.45, 2.75) is 33.7 Å². The number of imidazole rings is 1. The number of nitrogens with zero attached hydrogens (tertiary/aromatic N) is 4. The molecule has 0 aliphatic rings. The van der Waals surface area contributed by atoms with E-state index in [1.165, 1.54) is 4.57 Å². The smallest absolute Gasteiger partial charge is 0.274 e. The Bertz CT molecular complexity index is 909. The lowest BCUT2D eigenvalue weighted by Gasteiger charge is -2.05. The van der Waals surface area contributed by atoms with Gasteiger partial charge < -0.3 is 15.3 Å². The standard InChI is InChI=1S/C16H20N6O/c1-9(2)7-12-14-15(19-10(3)18-12)21-13(20-14)8-22-6-4-5-11(17)16(22)23/h4-6,9H,7-8,17H2,1-3H3,(H,18,19,20,21). The van der Waals surface area contributed by atoms with Crippen LogP contribution in [-0.4, -0.2) is 24.5 Å². The van der Waals surface area contributed by atoms with E-state index in [4.69, 9.17) is 5.73 Å². The van der Waals surface area contributed by atoms with Gasteiger partial charge in [-0.3, -0.25) is 4.79 Å². The molecule has 3 N–H and O–H groups in total. The van der Waals surface area contributed by atoms with E-state index in [2.05, 4.69) is 33.8 Å². The van der Waals surface area contributed by atoms with E-state index in [9.17, 15) is 4.79 Å². The predicted octanol–water partition coefficient (Wildman–Crippen LogP) is 1.65. The Kier molecular flexibility index (Phi) is 3.85. The van der Waals surface area contributed by atoms with Crippen molar-refractivity contribution >= 4 is 16.9 Å². The molecule has 7 heteroatoms. The Hall–Kier alpha value is -2.70. The van der Waals surface area contributed by atoms with Crippen molar-refractivity contribution in [3.8, 4) is 0 Å². The van der Waals surface area contributed by atoms with Crippen LogP contribution in [0.15, 0.2) is 23.1 Å². The van der Waals surface area contributed by atoms with Crippen LogP contribution in [0.5, 0.6) is 0 Å². The quantitative estimate of drug-likeness (QED) is 0.762. The average Bonchev–Trinajstić information content (AvgIpc) is 2.86. The summed E-state index contributed by atoms with van der Waals surface area (Å²) in [4.78, 5) is 28.7. The number of H-pyrrole nitrogens is 1. The first-order valence-corrected chi connectivity index (χ1v) is 7.61. The molecule has 3 rings (SSSR count). The minimum absolute atomic E-state index is 0.222. The molecule has 3 aromatic heterocycles. The van der Waals surface area contributed by atoms with Crippen LogP contribution in [0.25, 0.3) is 11.2 Å². The molecule has 0 bridgehead atoms. The molecule has 0 amide bonds. The van der Waals surface area contributed by atoms with Gasteiger partial charge in [-0.1, -0.05) is 13.8 Å². The molecular weight excluding hydrogens is 292 g/mol. The monoisotopic (exact) mass is 312 g/mol. The van der Waals surface area contributed by atoms with Crippen LogP contribution < -0.4 is 11.3 Å². The number of nitrogen functional groups attached to an aromatic ring is 1. The molecule has 0 radical (unpaired) electrons. The first-order chi connectivity index (χ1) is 10.9. The number of aryl methyl sites for hydroxylation is 1. The third-order valence-corrected chi connectivity index (χ3v) is 3.56. The lowest BCUT2D eigenvalue weighted by atomic mass is 10.1. The summed E-state index contributed by atoms with van der Waals surface area (Å²) in [5.74, 6) is 1.85. The van der Waals surface area contributed by atoms with Crippen molar-refractivity contribution in [2.24, 2.45) is 5.92 Å². The Morgan fingerprint density at radius 3 is 2.83 bits per heavy atom. The maximum Gasteiger partial charge on any atom is 0.274 e. The molecule has 23 heavy (non-hydrogen) atoms. The van der Waals surface area contributed by atoms with Crippen LogP contribution in [0.2, 0.25) is 0 Å². The Morgan fingerprint density at radius 2 is 2.09 bits per heavy atom. The minimum atomic E-state index is -0.224. The molecule has 120 valence electrons. The van der Waals surface area contributed by atoms with Crippen LogP contribution in [0.1, 0.15) is 31.2 Å². The third kappa shape index (κ3) is 3.08. The molecule has 3 heterocycles. The lowest BCUT2D eigenvalue weighted by Crippen LogP contribution is -2.22. The van der Waals surface area contributed by atoms with Crippen molar-refractivity contribution in [3.63, 3.8) is 0 Å². The summed E-state index contributed by atoms with van der Waals surface area (Å²) in [6, 6.07) is 3.33. The highest BCUT2D eigenvalue weighted by Gasteiger charge is 2.13. The van der Waals surface area contributed by atoms with Gasteiger partial charge in [0, 0.05) is 6.20 Å². The number of nitrogens with two attached hydrogens (primary N) is 1. The van der Waals surface area contributed by atoms with Crippen LogP contribution in [0, 0.1) is 12.8 Å². The maximum absolute atomic E-state index is 12.0. The molecule has 0 unspecified atom stereocenters. The Labute approximate surface area is 133 Å². The van der Waals surface area contributed by atoms with Crippen LogP contribution in [0.4, 0.5) is 5.69 Å². The van der Waals surface area contributed by atoms with Crippen molar-refractivity contribution in [3.05, 3.63) is 46.0 Å². The van der Waals surface area contributed by atoms with Crippen molar-refractivity contribution in [1.29, 1.82) is 0 Å². The second kappa shape index (κ2) is 5.83. The van der Waals surface area contributed by atoms with E-state index in [0.717, 1.165) is 17.6 Å². The summed E-state index contributed by atoms with van der Waals surface area (Å²) in [5, 5.41) is 0. The van der Waals surface area contributed by atoms with Crippen molar-refractivity contribution in [1.82, 2.24) is 24.5 Å². The average molecular weight is 312 g/mol. The number of hydrogen-bond acceptors (Lipinski definition) is 5. The van der Waals surface area contributed by atoms with E-state index < -0.39 is 0 Å². The fourth-order valence-corrected chi connectivity index (χ4v) is 2.57.